The van der Waals surface area contributed by atoms with Gasteiger partial charge in [-0.25, -0.2) is 4.39 Å². The first-order valence-corrected chi connectivity index (χ1v) is 7.60. The largest absolute Gasteiger partial charge is 0.490 e. The highest BCUT2D eigenvalue weighted by Gasteiger charge is 2.32. The number of aromatic nitrogens is 1. The number of alkyl halides is 1. The van der Waals surface area contributed by atoms with Crippen molar-refractivity contribution in [3.05, 3.63) is 36.0 Å². The number of halogens is 1. The standard InChI is InChI=1S/C16H18BFN2O3/c1-16(18)5-7-20(8-6-16)15(21)12-9-11-3-2-4-13(17(22)23)14(11)19-10-12/h2-4,9-10,22-23H,5-8H2,1H3. The summed E-state index contributed by atoms with van der Waals surface area (Å²) in [5.74, 6) is -0.176. The Hall–Kier alpha value is -1.99. The van der Waals surface area contributed by atoms with E-state index in [0.29, 0.717) is 47.9 Å². The third kappa shape index (κ3) is 3.21. The molecule has 1 aliphatic heterocycles. The number of benzene rings is 1. The van der Waals surface area contributed by atoms with Crippen LogP contribution in [0.2, 0.25) is 0 Å². The smallest absolute Gasteiger partial charge is 0.423 e. The summed E-state index contributed by atoms with van der Waals surface area (Å²) in [6.07, 6.45) is 2.10. The summed E-state index contributed by atoms with van der Waals surface area (Å²) >= 11 is 0. The van der Waals surface area contributed by atoms with Crippen LogP contribution in [0.15, 0.2) is 30.5 Å². The first kappa shape index (κ1) is 15.9. The highest BCUT2D eigenvalue weighted by Crippen LogP contribution is 2.26. The van der Waals surface area contributed by atoms with Gasteiger partial charge in [0.2, 0.25) is 0 Å². The van der Waals surface area contributed by atoms with Gasteiger partial charge in [-0.2, -0.15) is 0 Å². The lowest BCUT2D eigenvalue weighted by Gasteiger charge is -2.34. The molecule has 120 valence electrons. The molecule has 0 spiro atoms. The molecule has 1 saturated heterocycles. The van der Waals surface area contributed by atoms with Crippen LogP contribution in [0.25, 0.3) is 10.9 Å². The van der Waals surface area contributed by atoms with Crippen LogP contribution in [-0.2, 0) is 0 Å². The molecule has 3 rings (SSSR count). The molecule has 7 heteroatoms. The maximum absolute atomic E-state index is 13.8. The molecule has 0 bridgehead atoms. The van der Waals surface area contributed by atoms with Crippen LogP contribution in [-0.4, -0.2) is 51.7 Å². The van der Waals surface area contributed by atoms with E-state index in [1.807, 2.05) is 0 Å². The molecular formula is C16H18BFN2O3. The minimum absolute atomic E-state index is 0.176. The fraction of sp³-hybridized carbons (Fsp3) is 0.375. The highest BCUT2D eigenvalue weighted by atomic mass is 19.1. The van der Waals surface area contributed by atoms with Gasteiger partial charge in [0, 0.05) is 30.1 Å². The second kappa shape index (κ2) is 5.90. The lowest BCUT2D eigenvalue weighted by Crippen LogP contribution is -2.43. The van der Waals surface area contributed by atoms with Crippen molar-refractivity contribution in [2.24, 2.45) is 0 Å². The molecule has 5 nitrogen and oxygen atoms in total. The van der Waals surface area contributed by atoms with Crippen molar-refractivity contribution in [2.45, 2.75) is 25.4 Å². The zero-order valence-electron chi connectivity index (χ0n) is 12.9. The third-order valence-electron chi connectivity index (χ3n) is 4.36. The summed E-state index contributed by atoms with van der Waals surface area (Å²) < 4.78 is 13.8. The maximum Gasteiger partial charge on any atom is 0.490 e. The molecule has 0 unspecified atom stereocenters. The first-order valence-electron chi connectivity index (χ1n) is 7.60. The molecule has 1 aliphatic rings. The Labute approximate surface area is 133 Å². The molecule has 0 atom stereocenters. The third-order valence-corrected chi connectivity index (χ3v) is 4.36. The zero-order chi connectivity index (χ0) is 16.6. The average molecular weight is 316 g/mol. The van der Waals surface area contributed by atoms with Crippen molar-refractivity contribution in [2.75, 3.05) is 13.1 Å². The van der Waals surface area contributed by atoms with Gasteiger partial charge < -0.3 is 14.9 Å². The van der Waals surface area contributed by atoms with Crippen molar-refractivity contribution in [3.8, 4) is 0 Å². The lowest BCUT2D eigenvalue weighted by atomic mass is 9.79. The van der Waals surface area contributed by atoms with Crippen LogP contribution >= 0.6 is 0 Å². The molecule has 1 fully saturated rings. The van der Waals surface area contributed by atoms with E-state index in [4.69, 9.17) is 0 Å². The number of likely N-dealkylation sites (tertiary alicyclic amines) is 1. The van der Waals surface area contributed by atoms with Crippen LogP contribution in [0, 0.1) is 0 Å². The van der Waals surface area contributed by atoms with Gasteiger partial charge in [-0.3, -0.25) is 9.78 Å². The SMILES string of the molecule is CC1(F)CCN(C(=O)c2cnc3c(B(O)O)cccc3c2)CC1. The normalized spacial score (nSPS) is 17.3. The van der Waals surface area contributed by atoms with Crippen LogP contribution in [0.4, 0.5) is 4.39 Å². The summed E-state index contributed by atoms with van der Waals surface area (Å²) in [7, 11) is -1.61. The van der Waals surface area contributed by atoms with Crippen LogP contribution in [0.5, 0.6) is 0 Å². The van der Waals surface area contributed by atoms with E-state index in [1.165, 1.54) is 6.20 Å². The number of fused-ring (bicyclic) bond motifs is 1. The van der Waals surface area contributed by atoms with Gasteiger partial charge in [-0.15, -0.1) is 0 Å². The minimum Gasteiger partial charge on any atom is -0.423 e. The van der Waals surface area contributed by atoms with E-state index < -0.39 is 12.8 Å². The van der Waals surface area contributed by atoms with Gasteiger partial charge in [0.15, 0.2) is 0 Å². The van der Waals surface area contributed by atoms with Gasteiger partial charge in [-0.1, -0.05) is 18.2 Å². The summed E-state index contributed by atoms with van der Waals surface area (Å²) in [4.78, 5) is 18.4. The Balaban J connectivity index is 1.88. The maximum atomic E-state index is 13.8. The van der Waals surface area contributed by atoms with E-state index in [-0.39, 0.29) is 5.91 Å². The molecule has 1 aromatic carbocycles. The molecule has 23 heavy (non-hydrogen) atoms. The molecule has 0 aliphatic carbocycles. The van der Waals surface area contributed by atoms with Gasteiger partial charge in [0.25, 0.3) is 5.91 Å². The van der Waals surface area contributed by atoms with E-state index in [0.717, 1.165) is 0 Å². The number of para-hydroxylation sites is 1. The average Bonchev–Trinajstić information content (AvgIpc) is 2.53. The molecule has 0 radical (unpaired) electrons. The molecule has 0 saturated carbocycles. The molecule has 2 N–H and O–H groups in total. The van der Waals surface area contributed by atoms with Crippen LogP contribution in [0.1, 0.15) is 30.1 Å². The second-order valence-corrected chi connectivity index (χ2v) is 6.22. The van der Waals surface area contributed by atoms with Gasteiger partial charge in [0.1, 0.15) is 5.67 Å². The van der Waals surface area contributed by atoms with Crippen molar-refractivity contribution < 1.29 is 19.2 Å². The molecular weight excluding hydrogens is 298 g/mol. The fourth-order valence-electron chi connectivity index (χ4n) is 2.87. The number of rotatable bonds is 2. The Morgan fingerprint density at radius 2 is 2.04 bits per heavy atom. The van der Waals surface area contributed by atoms with Crippen molar-refractivity contribution >= 4 is 29.4 Å². The van der Waals surface area contributed by atoms with Gasteiger partial charge in [-0.05, 0) is 25.8 Å². The number of hydrogen-bond donors (Lipinski definition) is 2. The number of carbonyl (C=O) groups is 1. The first-order chi connectivity index (χ1) is 10.9. The number of hydrogen-bond acceptors (Lipinski definition) is 4. The number of carbonyl (C=O) groups excluding carboxylic acids is 1. The van der Waals surface area contributed by atoms with Crippen LogP contribution in [0.3, 0.4) is 0 Å². The van der Waals surface area contributed by atoms with Crippen molar-refractivity contribution in [3.63, 3.8) is 0 Å². The van der Waals surface area contributed by atoms with E-state index in [9.17, 15) is 19.2 Å². The summed E-state index contributed by atoms with van der Waals surface area (Å²) in [6.45, 7) is 2.34. The molecule has 2 aromatic rings. The number of amides is 1. The van der Waals surface area contributed by atoms with E-state index in [1.54, 1.807) is 36.1 Å². The summed E-state index contributed by atoms with van der Waals surface area (Å²) in [6, 6.07) is 6.70. The number of nitrogens with zero attached hydrogens (tertiary/aromatic N) is 2. The molecule has 2 heterocycles. The topological polar surface area (TPSA) is 73.7 Å². The highest BCUT2D eigenvalue weighted by molar-refractivity contribution is 6.61. The van der Waals surface area contributed by atoms with E-state index in [2.05, 4.69) is 4.98 Å². The molecule has 1 aromatic heterocycles. The Morgan fingerprint density at radius 3 is 2.70 bits per heavy atom. The number of piperidine rings is 1. The number of pyridine rings is 1. The summed E-state index contributed by atoms with van der Waals surface area (Å²) in [5.41, 5.74) is -0.0313. The van der Waals surface area contributed by atoms with Crippen LogP contribution < -0.4 is 5.46 Å². The van der Waals surface area contributed by atoms with Gasteiger partial charge >= 0.3 is 7.12 Å². The monoisotopic (exact) mass is 316 g/mol. The molecule has 1 amide bonds. The Kier molecular flexibility index (Phi) is 4.08. The minimum atomic E-state index is -1.61. The Bertz CT molecular complexity index is 741. The predicted molar refractivity (Wildman–Crippen MR) is 86.2 cm³/mol. The predicted octanol–water partition coefficient (Wildman–Crippen LogP) is 0.879. The van der Waals surface area contributed by atoms with Crippen molar-refractivity contribution in [1.29, 1.82) is 0 Å². The zero-order valence-corrected chi connectivity index (χ0v) is 12.9. The van der Waals surface area contributed by atoms with E-state index >= 15 is 0 Å². The second-order valence-electron chi connectivity index (χ2n) is 6.22. The fourth-order valence-corrected chi connectivity index (χ4v) is 2.87. The summed E-state index contributed by atoms with van der Waals surface area (Å²) in [5, 5.41) is 19.4. The quantitative estimate of drug-likeness (QED) is 0.807. The Morgan fingerprint density at radius 1 is 1.35 bits per heavy atom. The van der Waals surface area contributed by atoms with Crippen molar-refractivity contribution in [1.82, 2.24) is 9.88 Å². The lowest BCUT2D eigenvalue weighted by molar-refractivity contribution is 0.0504. The van der Waals surface area contributed by atoms with Gasteiger partial charge in [0.05, 0.1) is 11.1 Å².